The number of carbonyl (C=O) groups is 6. The van der Waals surface area contributed by atoms with E-state index in [1.54, 1.807) is 65.0 Å². The summed E-state index contributed by atoms with van der Waals surface area (Å²) in [5.41, 5.74) is 0.691. The number of alkyl halides is 2. The highest BCUT2D eigenvalue weighted by molar-refractivity contribution is 6.38. The maximum Gasteiger partial charge on any atom is 0.408 e. The van der Waals surface area contributed by atoms with E-state index in [-0.39, 0.29) is 25.8 Å². The summed E-state index contributed by atoms with van der Waals surface area (Å²) in [4.78, 5) is 79.7. The molecule has 1 saturated carbocycles. The fraction of sp³-hybridized carbons (Fsp3) is 0.647. The molecule has 0 bridgehead atoms. The Balaban J connectivity index is 1.83. The highest BCUT2D eigenvalue weighted by atomic mass is 19.3. The van der Waals surface area contributed by atoms with Crippen LogP contribution in [-0.4, -0.2) is 76.0 Å². The van der Waals surface area contributed by atoms with E-state index < -0.39 is 108 Å². The molecular weight excluding hydrogens is 602 g/mol. The molecule has 3 rings (SSSR count). The number of hydrogen-bond donors (Lipinski definition) is 2. The van der Waals surface area contributed by atoms with E-state index in [0.717, 1.165) is 4.90 Å². The molecule has 0 aromatic heterocycles. The third-order valence-corrected chi connectivity index (χ3v) is 9.00. The minimum Gasteiger partial charge on any atom is -0.481 e. The Morgan fingerprint density at radius 2 is 1.67 bits per heavy atom. The summed E-state index contributed by atoms with van der Waals surface area (Å²) in [6.45, 7) is 7.98. The summed E-state index contributed by atoms with van der Waals surface area (Å²) < 4.78 is 35.0. The van der Waals surface area contributed by atoms with Crippen molar-refractivity contribution < 1.29 is 47.4 Å². The molecular formula is C34H46F2N2O8. The predicted octanol–water partition coefficient (Wildman–Crippen LogP) is 4.87. The van der Waals surface area contributed by atoms with Crippen molar-refractivity contribution in [3.8, 4) is 0 Å². The first kappa shape index (κ1) is 36.8. The number of alkyl carbamates (subject to hydrolysis) is 1. The van der Waals surface area contributed by atoms with Crippen LogP contribution in [0.25, 0.3) is 0 Å². The van der Waals surface area contributed by atoms with Crippen LogP contribution >= 0.6 is 0 Å². The van der Waals surface area contributed by atoms with Crippen LogP contribution < -0.4 is 5.32 Å². The van der Waals surface area contributed by atoms with Crippen molar-refractivity contribution in [1.82, 2.24) is 10.2 Å². The second-order valence-corrected chi connectivity index (χ2v) is 13.2. The summed E-state index contributed by atoms with van der Waals surface area (Å²) in [5.74, 6) is -12.2. The molecule has 1 aliphatic heterocycles. The SMILES string of the molecule is CCCC(CC(=O)[C@@H]1[C@H]2CCC(F)(F)[C@H]2CN1C(=O)[C@@H](NC(=O)OC(C)C)C(C)C)C(=O)C(=O)C[C@H](Cc1ccccc1)C(=O)O. The molecule has 1 unspecified atom stereocenters. The van der Waals surface area contributed by atoms with Crippen molar-refractivity contribution in [2.24, 2.45) is 29.6 Å². The smallest absolute Gasteiger partial charge is 0.408 e. The van der Waals surface area contributed by atoms with Crippen LogP contribution in [-0.2, 0) is 35.1 Å². The number of amides is 2. The third kappa shape index (κ3) is 8.97. The molecule has 1 heterocycles. The van der Waals surface area contributed by atoms with Crippen LogP contribution in [0.5, 0.6) is 0 Å². The number of nitrogens with zero attached hydrogens (tertiary/aromatic N) is 1. The molecule has 1 aliphatic carbocycles. The van der Waals surface area contributed by atoms with Gasteiger partial charge in [-0.2, -0.15) is 0 Å². The van der Waals surface area contributed by atoms with Crippen LogP contribution in [0, 0.1) is 29.6 Å². The first-order valence-electron chi connectivity index (χ1n) is 16.1. The number of likely N-dealkylation sites (tertiary alicyclic amines) is 1. The number of halogens is 2. The first-order chi connectivity index (χ1) is 21.6. The lowest BCUT2D eigenvalue weighted by Crippen LogP contribution is -2.55. The molecule has 2 aliphatic rings. The number of carboxylic acid groups (broad SMARTS) is 1. The van der Waals surface area contributed by atoms with Gasteiger partial charge in [-0.1, -0.05) is 57.5 Å². The van der Waals surface area contributed by atoms with Gasteiger partial charge in [-0.25, -0.2) is 13.6 Å². The maximum atomic E-state index is 15.0. The van der Waals surface area contributed by atoms with Crippen molar-refractivity contribution >= 4 is 35.3 Å². The molecule has 2 amide bonds. The molecule has 0 spiro atoms. The molecule has 10 nitrogen and oxygen atoms in total. The van der Waals surface area contributed by atoms with Gasteiger partial charge < -0.3 is 20.1 Å². The number of carboxylic acids is 1. The Hall–Kier alpha value is -3.70. The molecule has 1 saturated heterocycles. The van der Waals surface area contributed by atoms with E-state index in [1.807, 2.05) is 0 Å². The molecule has 1 aromatic carbocycles. The van der Waals surface area contributed by atoms with E-state index in [1.165, 1.54) is 0 Å². The van der Waals surface area contributed by atoms with E-state index in [9.17, 15) is 42.7 Å². The molecule has 0 radical (unpaired) electrons. The Morgan fingerprint density at radius 3 is 2.24 bits per heavy atom. The highest BCUT2D eigenvalue weighted by Gasteiger charge is 2.61. The summed E-state index contributed by atoms with van der Waals surface area (Å²) in [7, 11) is 0. The maximum absolute atomic E-state index is 15.0. The van der Waals surface area contributed by atoms with Gasteiger partial charge in [0.2, 0.25) is 11.7 Å². The van der Waals surface area contributed by atoms with Crippen molar-refractivity contribution in [2.75, 3.05) is 6.54 Å². The van der Waals surface area contributed by atoms with Gasteiger partial charge in [0.25, 0.3) is 5.92 Å². The normalized spacial score (nSPS) is 22.2. The van der Waals surface area contributed by atoms with E-state index >= 15 is 0 Å². The lowest BCUT2D eigenvalue weighted by molar-refractivity contribution is -0.146. The van der Waals surface area contributed by atoms with Crippen molar-refractivity contribution in [3.05, 3.63) is 35.9 Å². The number of fused-ring (bicyclic) bond motifs is 1. The average molecular weight is 649 g/mol. The monoisotopic (exact) mass is 648 g/mol. The average Bonchev–Trinajstić information content (AvgIpc) is 3.51. The number of ketones is 3. The Bertz CT molecular complexity index is 1280. The standard InChI is InChI=1S/C34H46F2N2O8/c1-6-10-22(30(41)27(40)17-23(32(43)44)15-21-11-8-7-9-12-21)16-26(39)29-24-13-14-34(35,36)25(24)18-38(29)31(42)28(19(2)3)37-33(45)46-20(4)5/h7-9,11-12,19-20,22-25,28-29H,6,10,13-18H2,1-5H3,(H,37,45)(H,43,44)/t22?,23-,24-,25-,28-,29-/m0/s1. The van der Waals surface area contributed by atoms with Crippen LogP contribution in [0.1, 0.15) is 78.7 Å². The zero-order valence-corrected chi connectivity index (χ0v) is 27.2. The predicted molar refractivity (Wildman–Crippen MR) is 164 cm³/mol. The number of Topliss-reactive ketones (excluding diaryl/α,β-unsaturated/α-hetero) is 3. The minimum atomic E-state index is -3.10. The highest BCUT2D eigenvalue weighted by Crippen LogP contribution is 2.51. The molecule has 12 heteroatoms. The van der Waals surface area contributed by atoms with Gasteiger partial charge >= 0.3 is 12.1 Å². The Morgan fingerprint density at radius 1 is 1.02 bits per heavy atom. The van der Waals surface area contributed by atoms with Crippen molar-refractivity contribution in [1.29, 1.82) is 0 Å². The molecule has 254 valence electrons. The summed E-state index contributed by atoms with van der Waals surface area (Å²) >= 11 is 0. The molecule has 1 aromatic rings. The van der Waals surface area contributed by atoms with E-state index in [0.29, 0.717) is 12.0 Å². The quantitative estimate of drug-likeness (QED) is 0.242. The first-order valence-corrected chi connectivity index (χ1v) is 16.1. The molecule has 2 N–H and O–H groups in total. The second-order valence-electron chi connectivity index (χ2n) is 13.2. The number of ether oxygens (including phenoxy) is 1. The van der Waals surface area contributed by atoms with Gasteiger partial charge in [0.05, 0.1) is 18.1 Å². The van der Waals surface area contributed by atoms with Crippen LogP contribution in [0.15, 0.2) is 30.3 Å². The van der Waals surface area contributed by atoms with Gasteiger partial charge in [-0.15, -0.1) is 0 Å². The topological polar surface area (TPSA) is 147 Å². The summed E-state index contributed by atoms with van der Waals surface area (Å²) in [5, 5.41) is 12.2. The lowest BCUT2D eigenvalue weighted by Gasteiger charge is -2.32. The molecule has 46 heavy (non-hydrogen) atoms. The van der Waals surface area contributed by atoms with Gasteiger partial charge in [0, 0.05) is 37.6 Å². The Kier molecular flexibility index (Phi) is 12.6. The van der Waals surface area contributed by atoms with Gasteiger partial charge in [-0.3, -0.25) is 24.0 Å². The van der Waals surface area contributed by atoms with Crippen LogP contribution in [0.3, 0.4) is 0 Å². The van der Waals surface area contributed by atoms with Gasteiger partial charge in [-0.05, 0) is 50.5 Å². The number of carbonyl (C=O) groups excluding carboxylic acids is 5. The zero-order chi connectivity index (χ0) is 34.3. The number of hydrogen-bond acceptors (Lipinski definition) is 7. The largest absolute Gasteiger partial charge is 0.481 e. The zero-order valence-electron chi connectivity index (χ0n) is 27.2. The summed E-state index contributed by atoms with van der Waals surface area (Å²) in [6, 6.07) is 6.28. The van der Waals surface area contributed by atoms with Crippen LogP contribution in [0.4, 0.5) is 13.6 Å². The number of nitrogens with one attached hydrogen (secondary N) is 1. The Labute approximate surface area is 268 Å². The van der Waals surface area contributed by atoms with Gasteiger partial charge in [0.1, 0.15) is 6.04 Å². The second kappa shape index (κ2) is 15.7. The van der Waals surface area contributed by atoms with Crippen molar-refractivity contribution in [3.63, 3.8) is 0 Å². The number of benzene rings is 1. The third-order valence-electron chi connectivity index (χ3n) is 9.00. The van der Waals surface area contributed by atoms with E-state index in [4.69, 9.17) is 4.74 Å². The number of aliphatic carboxylic acids is 1. The molecule has 2 fully saturated rings. The fourth-order valence-corrected chi connectivity index (χ4v) is 6.70. The van der Waals surface area contributed by atoms with Crippen molar-refractivity contribution in [2.45, 2.75) is 104 Å². The van der Waals surface area contributed by atoms with E-state index in [2.05, 4.69) is 5.32 Å². The van der Waals surface area contributed by atoms with Gasteiger partial charge in [0.15, 0.2) is 11.6 Å². The lowest BCUT2D eigenvalue weighted by atomic mass is 9.82. The fourth-order valence-electron chi connectivity index (χ4n) is 6.70. The summed E-state index contributed by atoms with van der Waals surface area (Å²) in [6.07, 6.45) is -2.14. The number of rotatable bonds is 16. The van der Waals surface area contributed by atoms with Crippen LogP contribution in [0.2, 0.25) is 0 Å². The minimum absolute atomic E-state index is 0.00187. The molecule has 6 atom stereocenters.